The molecule has 0 spiro atoms. The average Bonchev–Trinajstić information content (AvgIpc) is 2.77. The van der Waals surface area contributed by atoms with Crippen LogP contribution in [0.5, 0.6) is 0 Å². The number of carbonyl (C=O) groups is 1. The van der Waals surface area contributed by atoms with Crippen molar-refractivity contribution in [2.75, 3.05) is 6.61 Å². The second kappa shape index (κ2) is 7.48. The van der Waals surface area contributed by atoms with E-state index in [-0.39, 0.29) is 31.8 Å². The minimum atomic E-state index is -1.22. The van der Waals surface area contributed by atoms with Crippen LogP contribution in [0.1, 0.15) is 30.4 Å². The van der Waals surface area contributed by atoms with E-state index in [0.717, 1.165) is 11.1 Å². The highest BCUT2D eigenvalue weighted by Crippen LogP contribution is 2.43. The van der Waals surface area contributed by atoms with Gasteiger partial charge in [0.2, 0.25) is 0 Å². The third kappa shape index (κ3) is 3.35. The van der Waals surface area contributed by atoms with Gasteiger partial charge < -0.3 is 4.74 Å². The number of benzene rings is 2. The molecule has 134 valence electrons. The minimum absolute atomic E-state index is 0.0225. The van der Waals surface area contributed by atoms with Crippen molar-refractivity contribution in [3.05, 3.63) is 83.9 Å². The summed E-state index contributed by atoms with van der Waals surface area (Å²) in [5.74, 6) is -0.382. The summed E-state index contributed by atoms with van der Waals surface area (Å²) >= 11 is 0. The number of nitrogens with zero attached hydrogens (tertiary/aromatic N) is 2. The van der Waals surface area contributed by atoms with Crippen LogP contribution in [0.15, 0.2) is 72.8 Å². The fourth-order valence-corrected chi connectivity index (χ4v) is 3.73. The van der Waals surface area contributed by atoms with Crippen LogP contribution in [0.4, 0.5) is 0 Å². The van der Waals surface area contributed by atoms with Crippen LogP contribution in [0.3, 0.4) is 0 Å². The second-order valence-corrected chi connectivity index (χ2v) is 6.93. The van der Waals surface area contributed by atoms with E-state index in [2.05, 4.69) is 18.7 Å². The molecule has 0 atom stereocenters. The van der Waals surface area contributed by atoms with Crippen molar-refractivity contribution in [2.45, 2.75) is 24.7 Å². The van der Waals surface area contributed by atoms with Gasteiger partial charge in [-0.25, -0.2) is 0 Å². The maximum absolute atomic E-state index is 13.3. The van der Waals surface area contributed by atoms with E-state index in [4.69, 9.17) is 4.74 Å². The van der Waals surface area contributed by atoms with E-state index in [9.17, 15) is 15.3 Å². The fraction of sp³-hybridized carbons (Fsp3) is 0.261. The van der Waals surface area contributed by atoms with Crippen LogP contribution in [0.25, 0.3) is 0 Å². The van der Waals surface area contributed by atoms with Crippen molar-refractivity contribution in [2.24, 2.45) is 5.41 Å². The molecule has 0 aliphatic carbocycles. The molecule has 0 aromatic heterocycles. The van der Waals surface area contributed by atoms with Gasteiger partial charge in [-0.2, -0.15) is 10.5 Å². The third-order valence-corrected chi connectivity index (χ3v) is 5.14. The van der Waals surface area contributed by atoms with E-state index in [1.807, 2.05) is 60.7 Å². The summed E-state index contributed by atoms with van der Waals surface area (Å²) in [5.41, 5.74) is 0.0266. The summed E-state index contributed by atoms with van der Waals surface area (Å²) < 4.78 is 5.61. The van der Waals surface area contributed by atoms with Gasteiger partial charge in [0.05, 0.1) is 18.7 Å². The van der Waals surface area contributed by atoms with Crippen molar-refractivity contribution >= 4 is 5.97 Å². The first-order chi connectivity index (χ1) is 13.1. The number of rotatable bonds is 2. The maximum atomic E-state index is 13.3. The molecule has 0 saturated carbocycles. The molecule has 0 radical (unpaired) electrons. The summed E-state index contributed by atoms with van der Waals surface area (Å²) in [6, 6.07) is 23.2. The highest BCUT2D eigenvalue weighted by Gasteiger charge is 2.46. The lowest BCUT2D eigenvalue weighted by Crippen LogP contribution is -2.39. The van der Waals surface area contributed by atoms with E-state index >= 15 is 0 Å². The maximum Gasteiger partial charge on any atom is 0.321 e. The summed E-state index contributed by atoms with van der Waals surface area (Å²) in [6.07, 6.45) is 0.674. The monoisotopic (exact) mass is 356 g/mol. The van der Waals surface area contributed by atoms with Crippen LogP contribution in [0.2, 0.25) is 0 Å². The van der Waals surface area contributed by atoms with Crippen LogP contribution in [-0.4, -0.2) is 12.6 Å². The first kappa shape index (κ1) is 18.4. The standard InChI is InChI=1S/C23H20N2O2/c1-18-14-22(16-24,17-25)12-13-27-21(26)23(15-18,19-8-4-2-5-9-19)20-10-6-3-7-11-20/h2-11H,1,12-15H2. The molecule has 0 unspecified atom stereocenters. The van der Waals surface area contributed by atoms with Gasteiger partial charge in [-0.15, -0.1) is 0 Å². The van der Waals surface area contributed by atoms with Crippen LogP contribution in [-0.2, 0) is 14.9 Å². The summed E-state index contributed by atoms with van der Waals surface area (Å²) in [7, 11) is 0. The zero-order valence-electron chi connectivity index (χ0n) is 15.0. The molecule has 4 nitrogen and oxygen atoms in total. The predicted molar refractivity (Wildman–Crippen MR) is 101 cm³/mol. The molecule has 3 rings (SSSR count). The number of ether oxygens (including phenoxy) is 1. The van der Waals surface area contributed by atoms with Gasteiger partial charge >= 0.3 is 5.97 Å². The van der Waals surface area contributed by atoms with Gasteiger partial charge in [0, 0.05) is 12.8 Å². The van der Waals surface area contributed by atoms with E-state index in [0.29, 0.717) is 5.57 Å². The largest absolute Gasteiger partial charge is 0.465 e. The highest BCUT2D eigenvalue weighted by molar-refractivity contribution is 5.88. The number of esters is 1. The zero-order chi connectivity index (χ0) is 19.3. The lowest BCUT2D eigenvalue weighted by atomic mass is 9.69. The minimum Gasteiger partial charge on any atom is -0.465 e. The van der Waals surface area contributed by atoms with Gasteiger partial charge in [-0.05, 0) is 17.5 Å². The molecule has 1 saturated heterocycles. The number of cyclic esters (lactones) is 1. The van der Waals surface area contributed by atoms with Crippen molar-refractivity contribution < 1.29 is 9.53 Å². The molecule has 1 fully saturated rings. The Balaban J connectivity index is 2.18. The van der Waals surface area contributed by atoms with Crippen LogP contribution in [0, 0.1) is 28.1 Å². The van der Waals surface area contributed by atoms with Crippen molar-refractivity contribution in [1.82, 2.24) is 0 Å². The average molecular weight is 356 g/mol. The Morgan fingerprint density at radius 3 is 1.89 bits per heavy atom. The van der Waals surface area contributed by atoms with Crippen LogP contribution < -0.4 is 0 Å². The molecule has 0 amide bonds. The number of hydrogen-bond acceptors (Lipinski definition) is 4. The predicted octanol–water partition coefficient (Wildman–Crippen LogP) is 4.29. The molecule has 1 heterocycles. The van der Waals surface area contributed by atoms with E-state index in [1.165, 1.54) is 0 Å². The third-order valence-electron chi connectivity index (χ3n) is 5.14. The first-order valence-electron chi connectivity index (χ1n) is 8.84. The molecular weight excluding hydrogens is 336 g/mol. The van der Waals surface area contributed by atoms with E-state index in [1.54, 1.807) is 0 Å². The fourth-order valence-electron chi connectivity index (χ4n) is 3.73. The molecule has 2 aromatic carbocycles. The molecule has 1 aliphatic rings. The number of carbonyl (C=O) groups excluding carboxylic acids is 1. The Labute approximate surface area is 159 Å². The number of hydrogen-bond donors (Lipinski definition) is 0. The van der Waals surface area contributed by atoms with Crippen LogP contribution >= 0.6 is 0 Å². The Hall–Kier alpha value is -3.37. The van der Waals surface area contributed by atoms with Gasteiger partial charge in [0.25, 0.3) is 0 Å². The normalized spacial score (nSPS) is 18.7. The first-order valence-corrected chi connectivity index (χ1v) is 8.84. The quantitative estimate of drug-likeness (QED) is 0.594. The van der Waals surface area contributed by atoms with Crippen molar-refractivity contribution in [3.63, 3.8) is 0 Å². The Kier molecular flexibility index (Phi) is 5.10. The highest BCUT2D eigenvalue weighted by atomic mass is 16.5. The lowest BCUT2D eigenvalue weighted by Gasteiger charge is -2.33. The molecule has 0 bridgehead atoms. The smallest absolute Gasteiger partial charge is 0.321 e. The topological polar surface area (TPSA) is 73.9 Å². The van der Waals surface area contributed by atoms with Gasteiger partial charge in [0.15, 0.2) is 5.41 Å². The molecule has 27 heavy (non-hydrogen) atoms. The molecule has 1 aliphatic heterocycles. The van der Waals surface area contributed by atoms with Gasteiger partial charge in [-0.3, -0.25) is 4.79 Å². The van der Waals surface area contributed by atoms with Gasteiger partial charge in [-0.1, -0.05) is 72.8 Å². The summed E-state index contributed by atoms with van der Waals surface area (Å²) in [5, 5.41) is 19.1. The Morgan fingerprint density at radius 1 is 0.889 bits per heavy atom. The Bertz CT molecular complexity index is 867. The summed E-state index contributed by atoms with van der Waals surface area (Å²) in [6.45, 7) is 4.14. The second-order valence-electron chi connectivity index (χ2n) is 6.93. The Morgan fingerprint density at radius 2 is 1.41 bits per heavy atom. The van der Waals surface area contributed by atoms with Gasteiger partial charge in [0.1, 0.15) is 5.41 Å². The summed E-state index contributed by atoms with van der Waals surface area (Å²) in [4.78, 5) is 13.3. The zero-order valence-corrected chi connectivity index (χ0v) is 15.0. The van der Waals surface area contributed by atoms with E-state index < -0.39 is 10.8 Å². The molecule has 2 aromatic rings. The molecule has 0 N–H and O–H groups in total. The number of nitriles is 2. The SMILES string of the molecule is C=C1CC(C#N)(C#N)CCOC(=O)C(c2ccccc2)(c2ccccc2)C1. The lowest BCUT2D eigenvalue weighted by molar-refractivity contribution is -0.149. The number of allylic oxidation sites excluding steroid dienone is 1. The molecular formula is C23H20N2O2. The van der Waals surface area contributed by atoms with Crippen molar-refractivity contribution in [3.8, 4) is 12.1 Å². The molecule has 4 heteroatoms. The van der Waals surface area contributed by atoms with Crippen molar-refractivity contribution in [1.29, 1.82) is 10.5 Å².